The second-order valence-corrected chi connectivity index (χ2v) is 8.59. The summed E-state index contributed by atoms with van der Waals surface area (Å²) in [5, 5.41) is 4.05. The second kappa shape index (κ2) is 13.4. The summed E-state index contributed by atoms with van der Waals surface area (Å²) in [6.45, 7) is 9.03. The number of aromatic nitrogens is 1. The number of carbonyl (C=O) groups excluding carboxylic acids is 2. The van der Waals surface area contributed by atoms with Gasteiger partial charge in [0.2, 0.25) is 5.88 Å². The van der Waals surface area contributed by atoms with Gasteiger partial charge in [-0.15, -0.1) is 4.90 Å². The summed E-state index contributed by atoms with van der Waals surface area (Å²) in [6, 6.07) is 0. The predicted octanol–water partition coefficient (Wildman–Crippen LogP) is 6.68. The Kier molecular flexibility index (Phi) is 10.9. The Balaban J connectivity index is 2.09. The molecule has 1 aliphatic carbocycles. The Labute approximate surface area is 186 Å². The first-order chi connectivity index (χ1) is 15.0. The fourth-order valence-corrected chi connectivity index (χ4v) is 3.93. The Morgan fingerprint density at radius 2 is 1.48 bits per heavy atom. The molecule has 2 atom stereocenters. The molecule has 1 heterocycles. The fraction of sp³-hybridized carbons (Fsp3) is 0.792. The van der Waals surface area contributed by atoms with Gasteiger partial charge in [0.1, 0.15) is 0 Å². The Morgan fingerprint density at radius 1 is 0.935 bits per heavy atom. The number of nitrogens with zero attached hydrogens (tertiary/aromatic N) is 2. The molecule has 2 unspecified atom stereocenters. The predicted molar refractivity (Wildman–Crippen MR) is 120 cm³/mol. The highest BCUT2D eigenvalue weighted by molar-refractivity contribution is 6.08. The first-order valence-electron chi connectivity index (χ1n) is 12.2. The zero-order chi connectivity index (χ0) is 22.6. The van der Waals surface area contributed by atoms with Crippen LogP contribution < -0.4 is 4.90 Å². The molecular weight excluding hydrogens is 396 g/mol. The van der Waals surface area contributed by atoms with E-state index >= 15 is 0 Å². The van der Waals surface area contributed by atoms with Crippen LogP contribution in [0.15, 0.2) is 4.52 Å². The van der Waals surface area contributed by atoms with E-state index in [1.54, 1.807) is 0 Å². The van der Waals surface area contributed by atoms with Gasteiger partial charge in [0, 0.05) is 5.56 Å². The van der Waals surface area contributed by atoms with E-state index in [2.05, 4.69) is 32.9 Å². The number of imide groups is 1. The molecule has 176 valence electrons. The van der Waals surface area contributed by atoms with E-state index < -0.39 is 12.2 Å². The highest BCUT2D eigenvalue weighted by atomic mass is 16.6. The molecule has 1 aromatic rings. The number of carbonyl (C=O) groups is 2. The lowest BCUT2D eigenvalue weighted by molar-refractivity contribution is 0.110. The lowest BCUT2D eigenvalue weighted by Crippen LogP contribution is -2.39. The molecule has 1 aromatic heterocycles. The van der Waals surface area contributed by atoms with Crippen molar-refractivity contribution in [2.45, 2.75) is 98.3 Å². The van der Waals surface area contributed by atoms with Crippen LogP contribution in [0.4, 0.5) is 15.5 Å². The van der Waals surface area contributed by atoms with E-state index in [1.165, 1.54) is 0 Å². The van der Waals surface area contributed by atoms with Crippen LogP contribution in [0.1, 0.15) is 96.7 Å². The minimum Gasteiger partial charge on any atom is -0.448 e. The summed E-state index contributed by atoms with van der Waals surface area (Å²) in [5.74, 6) is 0.715. The quantitative estimate of drug-likeness (QED) is 0.343. The highest BCUT2D eigenvalue weighted by Gasteiger charge is 2.36. The van der Waals surface area contributed by atoms with Crippen LogP contribution in [-0.4, -0.2) is 30.6 Å². The summed E-state index contributed by atoms with van der Waals surface area (Å²) in [7, 11) is 0. The number of amides is 2. The first-order valence-corrected chi connectivity index (χ1v) is 12.2. The van der Waals surface area contributed by atoms with Crippen LogP contribution in [0.3, 0.4) is 0 Å². The molecule has 2 amide bonds. The number of ether oxygens (including phenoxy) is 2. The van der Waals surface area contributed by atoms with Gasteiger partial charge in [-0.3, -0.25) is 0 Å². The topological polar surface area (TPSA) is 81.9 Å². The van der Waals surface area contributed by atoms with Crippen molar-refractivity contribution in [1.29, 1.82) is 0 Å². The summed E-state index contributed by atoms with van der Waals surface area (Å²) < 4.78 is 16.5. The van der Waals surface area contributed by atoms with Gasteiger partial charge in [-0.1, -0.05) is 71.4 Å². The minimum absolute atomic E-state index is 0.158. The SMILES string of the molecule is CCCCC(CC)COC(=O)N(C(=O)OCC(CC)CCCC)c1onc2c1CCC2. The number of aryl methyl sites for hydroxylation is 1. The number of hydrogen-bond donors (Lipinski definition) is 0. The van der Waals surface area contributed by atoms with Crippen molar-refractivity contribution in [1.82, 2.24) is 5.16 Å². The van der Waals surface area contributed by atoms with E-state index in [0.29, 0.717) is 0 Å². The van der Waals surface area contributed by atoms with E-state index in [0.717, 1.165) is 86.8 Å². The molecular formula is C24H40N2O5. The van der Waals surface area contributed by atoms with Crippen LogP contribution in [0.25, 0.3) is 0 Å². The summed E-state index contributed by atoms with van der Waals surface area (Å²) in [5.41, 5.74) is 1.62. The summed E-state index contributed by atoms with van der Waals surface area (Å²) >= 11 is 0. The second-order valence-electron chi connectivity index (χ2n) is 8.59. The number of unbranched alkanes of at least 4 members (excludes halogenated alkanes) is 2. The average Bonchev–Trinajstić information content (AvgIpc) is 3.39. The molecule has 31 heavy (non-hydrogen) atoms. The van der Waals surface area contributed by atoms with Gasteiger partial charge < -0.3 is 14.0 Å². The standard InChI is InChI=1S/C24H40N2O5/c1-5-9-12-18(7-3)16-29-23(27)26(22-20-14-11-15-21(20)25-31-22)24(28)30-17-19(8-4)13-10-6-2/h18-19H,5-17H2,1-4H3. The van der Waals surface area contributed by atoms with Crippen molar-refractivity contribution in [2.75, 3.05) is 18.1 Å². The Bertz CT molecular complexity index is 656. The van der Waals surface area contributed by atoms with Crippen molar-refractivity contribution in [2.24, 2.45) is 11.8 Å². The molecule has 0 radical (unpaired) electrons. The zero-order valence-electron chi connectivity index (χ0n) is 19.8. The lowest BCUT2D eigenvalue weighted by Gasteiger charge is -2.22. The Morgan fingerprint density at radius 3 is 1.97 bits per heavy atom. The number of rotatable bonds is 13. The maximum absolute atomic E-state index is 13.0. The van der Waals surface area contributed by atoms with Crippen molar-refractivity contribution in [3.8, 4) is 0 Å². The molecule has 7 nitrogen and oxygen atoms in total. The molecule has 0 fully saturated rings. The Hall–Kier alpha value is -2.05. The maximum Gasteiger partial charge on any atom is 0.426 e. The fourth-order valence-electron chi connectivity index (χ4n) is 3.93. The highest BCUT2D eigenvalue weighted by Crippen LogP contribution is 2.32. The van der Waals surface area contributed by atoms with Crippen molar-refractivity contribution in [3.05, 3.63) is 11.3 Å². The van der Waals surface area contributed by atoms with Gasteiger partial charge in [-0.25, -0.2) is 9.59 Å². The molecule has 0 N–H and O–H groups in total. The van der Waals surface area contributed by atoms with Crippen LogP contribution in [0.2, 0.25) is 0 Å². The van der Waals surface area contributed by atoms with Gasteiger partial charge in [0.25, 0.3) is 0 Å². The molecule has 1 aliphatic rings. The van der Waals surface area contributed by atoms with Crippen molar-refractivity contribution in [3.63, 3.8) is 0 Å². The van der Waals surface area contributed by atoms with Crippen LogP contribution in [0, 0.1) is 11.8 Å². The normalized spacial score (nSPS) is 14.7. The molecule has 0 aliphatic heterocycles. The molecule has 0 bridgehead atoms. The molecule has 2 rings (SSSR count). The van der Waals surface area contributed by atoms with Crippen LogP contribution in [-0.2, 0) is 22.3 Å². The average molecular weight is 437 g/mol. The third kappa shape index (κ3) is 7.25. The maximum atomic E-state index is 13.0. The molecule has 0 saturated heterocycles. The van der Waals surface area contributed by atoms with Gasteiger partial charge in [0.05, 0.1) is 18.9 Å². The molecule has 7 heteroatoms. The number of fused-ring (bicyclic) bond motifs is 1. The van der Waals surface area contributed by atoms with E-state index in [9.17, 15) is 9.59 Å². The van der Waals surface area contributed by atoms with Crippen LogP contribution in [0.5, 0.6) is 0 Å². The van der Waals surface area contributed by atoms with E-state index in [-0.39, 0.29) is 30.9 Å². The third-order valence-corrected chi connectivity index (χ3v) is 6.23. The summed E-state index contributed by atoms with van der Waals surface area (Å²) in [4.78, 5) is 26.9. The lowest BCUT2D eigenvalue weighted by atomic mass is 10.0. The van der Waals surface area contributed by atoms with Gasteiger partial charge >= 0.3 is 12.2 Å². The van der Waals surface area contributed by atoms with Gasteiger partial charge in [-0.05, 0) is 43.9 Å². The minimum atomic E-state index is -0.743. The van der Waals surface area contributed by atoms with Gasteiger partial charge in [-0.2, -0.15) is 0 Å². The molecule has 0 aromatic carbocycles. The largest absolute Gasteiger partial charge is 0.448 e. The monoisotopic (exact) mass is 436 g/mol. The van der Waals surface area contributed by atoms with E-state index in [1.807, 2.05) is 0 Å². The zero-order valence-corrected chi connectivity index (χ0v) is 19.8. The number of anilines is 1. The third-order valence-electron chi connectivity index (χ3n) is 6.23. The molecule has 0 saturated carbocycles. The van der Waals surface area contributed by atoms with Crippen LogP contribution >= 0.6 is 0 Å². The van der Waals surface area contributed by atoms with Gasteiger partial charge in [0.15, 0.2) is 0 Å². The van der Waals surface area contributed by atoms with Crippen molar-refractivity contribution < 1.29 is 23.6 Å². The number of hydrogen-bond acceptors (Lipinski definition) is 6. The molecule has 0 spiro atoms. The first kappa shape index (κ1) is 25.2. The van der Waals surface area contributed by atoms with E-state index in [4.69, 9.17) is 14.0 Å². The smallest absolute Gasteiger partial charge is 0.426 e. The van der Waals surface area contributed by atoms with Crippen molar-refractivity contribution >= 4 is 18.1 Å². The summed E-state index contributed by atoms with van der Waals surface area (Å²) in [6.07, 6.45) is 9.19.